The van der Waals surface area contributed by atoms with Crippen LogP contribution in [0.2, 0.25) is 0 Å². The topological polar surface area (TPSA) is 12.0 Å². The van der Waals surface area contributed by atoms with E-state index in [1.807, 2.05) is 19.2 Å². The van der Waals surface area contributed by atoms with E-state index in [0.29, 0.717) is 6.04 Å². The summed E-state index contributed by atoms with van der Waals surface area (Å²) >= 11 is 0. The first-order valence-electron chi connectivity index (χ1n) is 3.69. The van der Waals surface area contributed by atoms with Crippen molar-refractivity contribution in [1.29, 1.82) is 0 Å². The second-order valence-corrected chi connectivity index (χ2v) is 2.45. The second kappa shape index (κ2) is 5.76. The third-order valence-electron chi connectivity index (χ3n) is 1.67. The normalized spacial score (nSPS) is 14.9. The number of hydrogen-bond donors (Lipinski definition) is 1. The quantitative estimate of drug-likeness (QED) is 0.476. The van der Waals surface area contributed by atoms with Gasteiger partial charge in [0.2, 0.25) is 0 Å². The van der Waals surface area contributed by atoms with Gasteiger partial charge in [0.15, 0.2) is 0 Å². The van der Waals surface area contributed by atoms with Crippen LogP contribution in [-0.2, 0) is 0 Å². The van der Waals surface area contributed by atoms with E-state index in [1.54, 1.807) is 6.08 Å². The Morgan fingerprint density at radius 3 is 2.73 bits per heavy atom. The number of terminal acetylenes is 1. The fraction of sp³-hybridized carbons (Fsp3) is 0.400. The standard InChI is InChI=1S/C10H15N/c1-5-6-7-8-9(2)10(3)11-4/h1,6-8,10-11H,2-4H3/b7-6-,9-8+. The number of hydrogen-bond acceptors (Lipinski definition) is 1. The molecule has 0 bridgehead atoms. The zero-order valence-corrected chi connectivity index (χ0v) is 7.39. The second-order valence-electron chi connectivity index (χ2n) is 2.45. The molecule has 0 aromatic carbocycles. The number of allylic oxidation sites excluding steroid dienone is 3. The average molecular weight is 149 g/mol. The van der Waals surface area contributed by atoms with Crippen LogP contribution in [0, 0.1) is 12.3 Å². The van der Waals surface area contributed by atoms with E-state index < -0.39 is 0 Å². The molecule has 0 spiro atoms. The molecule has 0 aliphatic rings. The molecule has 0 aliphatic heterocycles. The first kappa shape index (κ1) is 10.0. The highest BCUT2D eigenvalue weighted by atomic mass is 14.8. The Morgan fingerprint density at radius 2 is 2.27 bits per heavy atom. The van der Waals surface area contributed by atoms with Crippen LogP contribution in [0.5, 0.6) is 0 Å². The summed E-state index contributed by atoms with van der Waals surface area (Å²) < 4.78 is 0. The lowest BCUT2D eigenvalue weighted by Gasteiger charge is -2.08. The molecule has 1 heteroatoms. The van der Waals surface area contributed by atoms with Gasteiger partial charge >= 0.3 is 0 Å². The van der Waals surface area contributed by atoms with Crippen molar-refractivity contribution in [2.45, 2.75) is 19.9 Å². The Labute approximate surface area is 69.2 Å². The van der Waals surface area contributed by atoms with E-state index in [9.17, 15) is 0 Å². The molecule has 0 radical (unpaired) electrons. The van der Waals surface area contributed by atoms with Gasteiger partial charge in [-0.05, 0) is 27.0 Å². The fourth-order valence-electron chi connectivity index (χ4n) is 0.627. The number of rotatable bonds is 3. The summed E-state index contributed by atoms with van der Waals surface area (Å²) in [6, 6.07) is 0.414. The van der Waals surface area contributed by atoms with Crippen molar-refractivity contribution in [2.24, 2.45) is 0 Å². The molecule has 1 atom stereocenters. The van der Waals surface area contributed by atoms with Gasteiger partial charge < -0.3 is 5.32 Å². The molecular weight excluding hydrogens is 134 g/mol. The maximum Gasteiger partial charge on any atom is 0.0248 e. The van der Waals surface area contributed by atoms with Crippen molar-refractivity contribution in [3.63, 3.8) is 0 Å². The van der Waals surface area contributed by atoms with Gasteiger partial charge in [-0.15, -0.1) is 6.42 Å². The van der Waals surface area contributed by atoms with Gasteiger partial charge in [-0.3, -0.25) is 0 Å². The number of likely N-dealkylation sites (N-methyl/N-ethyl adjacent to an activating group) is 1. The molecule has 0 fully saturated rings. The van der Waals surface area contributed by atoms with E-state index >= 15 is 0 Å². The fourth-order valence-corrected chi connectivity index (χ4v) is 0.627. The Morgan fingerprint density at radius 1 is 1.64 bits per heavy atom. The van der Waals surface area contributed by atoms with Crippen LogP contribution >= 0.6 is 0 Å². The largest absolute Gasteiger partial charge is 0.314 e. The lowest BCUT2D eigenvalue weighted by molar-refractivity contribution is 0.692. The maximum absolute atomic E-state index is 5.04. The van der Waals surface area contributed by atoms with Gasteiger partial charge in [0.1, 0.15) is 0 Å². The molecule has 1 unspecified atom stereocenters. The molecule has 1 N–H and O–H groups in total. The molecule has 0 heterocycles. The predicted molar refractivity (Wildman–Crippen MR) is 50.3 cm³/mol. The van der Waals surface area contributed by atoms with Gasteiger partial charge in [-0.2, -0.15) is 0 Å². The molecular formula is C10H15N. The van der Waals surface area contributed by atoms with Gasteiger partial charge in [-0.25, -0.2) is 0 Å². The summed E-state index contributed by atoms with van der Waals surface area (Å²) in [5, 5.41) is 3.14. The van der Waals surface area contributed by atoms with E-state index in [2.05, 4.69) is 25.1 Å². The molecule has 0 aromatic heterocycles. The lowest BCUT2D eigenvalue weighted by atomic mass is 10.1. The van der Waals surface area contributed by atoms with Crippen LogP contribution in [0.1, 0.15) is 13.8 Å². The SMILES string of the molecule is C#C/C=C\C=C(/C)C(C)NC. The highest BCUT2D eigenvalue weighted by Crippen LogP contribution is 1.99. The van der Waals surface area contributed by atoms with Crippen molar-refractivity contribution in [1.82, 2.24) is 5.32 Å². The Bertz CT molecular complexity index is 193. The summed E-state index contributed by atoms with van der Waals surface area (Å²) in [5.74, 6) is 2.43. The average Bonchev–Trinajstić information content (AvgIpc) is 2.03. The Hall–Kier alpha value is -1.00. The van der Waals surface area contributed by atoms with Crippen LogP contribution in [0.3, 0.4) is 0 Å². The van der Waals surface area contributed by atoms with Crippen molar-refractivity contribution >= 4 is 0 Å². The summed E-state index contributed by atoms with van der Waals surface area (Å²) in [7, 11) is 1.94. The monoisotopic (exact) mass is 149 g/mol. The molecule has 1 nitrogen and oxygen atoms in total. The molecule has 0 saturated carbocycles. The molecule has 0 aromatic rings. The Kier molecular flexibility index (Phi) is 5.24. The summed E-state index contributed by atoms with van der Waals surface area (Å²) in [6.45, 7) is 4.18. The number of nitrogens with one attached hydrogen (secondary N) is 1. The summed E-state index contributed by atoms with van der Waals surface area (Å²) in [5.41, 5.74) is 1.28. The first-order chi connectivity index (χ1) is 5.22. The van der Waals surface area contributed by atoms with Gasteiger partial charge in [0, 0.05) is 6.04 Å². The minimum atomic E-state index is 0.414. The molecule has 0 amide bonds. The van der Waals surface area contributed by atoms with Crippen LogP contribution in [0.4, 0.5) is 0 Å². The van der Waals surface area contributed by atoms with Crippen LogP contribution in [0.15, 0.2) is 23.8 Å². The highest BCUT2D eigenvalue weighted by molar-refractivity contribution is 5.20. The van der Waals surface area contributed by atoms with Gasteiger partial charge in [-0.1, -0.05) is 23.6 Å². The maximum atomic E-state index is 5.04. The van der Waals surface area contributed by atoms with E-state index in [0.717, 1.165) is 0 Å². The van der Waals surface area contributed by atoms with Gasteiger partial charge in [0.25, 0.3) is 0 Å². The van der Waals surface area contributed by atoms with Crippen molar-refractivity contribution in [3.05, 3.63) is 23.8 Å². The van der Waals surface area contributed by atoms with Crippen LogP contribution in [0.25, 0.3) is 0 Å². The predicted octanol–water partition coefficient (Wildman–Crippen LogP) is 1.73. The molecule has 60 valence electrons. The smallest absolute Gasteiger partial charge is 0.0248 e. The highest BCUT2D eigenvalue weighted by Gasteiger charge is 1.96. The zero-order valence-electron chi connectivity index (χ0n) is 7.39. The molecule has 0 aliphatic carbocycles. The van der Waals surface area contributed by atoms with Crippen LogP contribution in [-0.4, -0.2) is 13.1 Å². The molecule has 0 rings (SSSR count). The van der Waals surface area contributed by atoms with E-state index in [1.165, 1.54) is 5.57 Å². The van der Waals surface area contributed by atoms with Crippen molar-refractivity contribution in [3.8, 4) is 12.3 Å². The van der Waals surface area contributed by atoms with Crippen LogP contribution < -0.4 is 5.32 Å². The third kappa shape index (κ3) is 4.41. The minimum Gasteiger partial charge on any atom is -0.314 e. The van der Waals surface area contributed by atoms with E-state index in [4.69, 9.17) is 6.42 Å². The molecule has 11 heavy (non-hydrogen) atoms. The first-order valence-corrected chi connectivity index (χ1v) is 3.69. The lowest BCUT2D eigenvalue weighted by Crippen LogP contribution is -2.21. The Balaban J connectivity index is 4.02. The molecule has 0 saturated heterocycles. The van der Waals surface area contributed by atoms with E-state index in [-0.39, 0.29) is 0 Å². The van der Waals surface area contributed by atoms with Gasteiger partial charge in [0.05, 0.1) is 0 Å². The zero-order chi connectivity index (χ0) is 8.69. The summed E-state index contributed by atoms with van der Waals surface area (Å²) in [6.07, 6.45) is 10.6. The van der Waals surface area contributed by atoms with Crippen molar-refractivity contribution < 1.29 is 0 Å². The minimum absolute atomic E-state index is 0.414. The third-order valence-corrected chi connectivity index (χ3v) is 1.67. The van der Waals surface area contributed by atoms with Crippen molar-refractivity contribution in [2.75, 3.05) is 7.05 Å². The summed E-state index contributed by atoms with van der Waals surface area (Å²) in [4.78, 5) is 0.